The van der Waals surface area contributed by atoms with Crippen LogP contribution in [-0.4, -0.2) is 17.8 Å². The van der Waals surface area contributed by atoms with Crippen LogP contribution in [0.15, 0.2) is 16.7 Å². The van der Waals surface area contributed by atoms with Crippen LogP contribution in [0.5, 0.6) is 0 Å². The molecule has 0 aromatic carbocycles. The van der Waals surface area contributed by atoms with E-state index in [0.717, 1.165) is 17.7 Å². The molecule has 16 heavy (non-hydrogen) atoms. The second-order valence-corrected chi connectivity index (χ2v) is 4.88. The summed E-state index contributed by atoms with van der Waals surface area (Å²) in [6.07, 6.45) is 2.25. The number of nitrogens with one attached hydrogen (secondary N) is 1. The van der Waals surface area contributed by atoms with Gasteiger partial charge in [-0.1, -0.05) is 13.8 Å². The SMILES string of the molecule is Cc1ccoc1[C@H](C)NC[C@@H](O)CC(C)C. The molecule has 0 aliphatic carbocycles. The third kappa shape index (κ3) is 3.99. The van der Waals surface area contributed by atoms with Crippen molar-refractivity contribution in [3.8, 4) is 0 Å². The summed E-state index contributed by atoms with van der Waals surface area (Å²) >= 11 is 0. The van der Waals surface area contributed by atoms with Gasteiger partial charge >= 0.3 is 0 Å². The quantitative estimate of drug-likeness (QED) is 0.782. The molecule has 1 heterocycles. The second kappa shape index (κ2) is 6.06. The van der Waals surface area contributed by atoms with Crippen molar-refractivity contribution in [1.82, 2.24) is 5.32 Å². The Labute approximate surface area is 97.9 Å². The van der Waals surface area contributed by atoms with E-state index in [1.54, 1.807) is 6.26 Å². The van der Waals surface area contributed by atoms with E-state index >= 15 is 0 Å². The van der Waals surface area contributed by atoms with Gasteiger partial charge in [-0.2, -0.15) is 0 Å². The average Bonchev–Trinajstić information content (AvgIpc) is 2.60. The first-order chi connectivity index (χ1) is 7.50. The molecule has 0 spiro atoms. The first kappa shape index (κ1) is 13.3. The number of aliphatic hydroxyl groups is 1. The minimum absolute atomic E-state index is 0.150. The molecule has 0 amide bonds. The number of aliphatic hydroxyl groups excluding tert-OH is 1. The zero-order chi connectivity index (χ0) is 12.1. The molecule has 1 aromatic rings. The first-order valence-corrected chi connectivity index (χ1v) is 5.96. The van der Waals surface area contributed by atoms with Gasteiger partial charge in [0.25, 0.3) is 0 Å². The van der Waals surface area contributed by atoms with Crippen LogP contribution in [0, 0.1) is 12.8 Å². The number of furan rings is 1. The Hall–Kier alpha value is -0.800. The van der Waals surface area contributed by atoms with Crippen molar-refractivity contribution in [2.24, 2.45) is 5.92 Å². The van der Waals surface area contributed by atoms with E-state index in [1.807, 2.05) is 19.9 Å². The maximum atomic E-state index is 9.74. The van der Waals surface area contributed by atoms with Gasteiger partial charge in [-0.15, -0.1) is 0 Å². The highest BCUT2D eigenvalue weighted by Gasteiger charge is 2.13. The Balaban J connectivity index is 2.35. The van der Waals surface area contributed by atoms with Crippen molar-refractivity contribution >= 4 is 0 Å². The first-order valence-electron chi connectivity index (χ1n) is 5.96. The Morgan fingerprint density at radius 1 is 1.38 bits per heavy atom. The normalized spacial score (nSPS) is 15.4. The van der Waals surface area contributed by atoms with Gasteiger partial charge < -0.3 is 14.8 Å². The summed E-state index contributed by atoms with van der Waals surface area (Å²) in [5, 5.41) is 13.0. The molecule has 0 aliphatic heterocycles. The van der Waals surface area contributed by atoms with Crippen LogP contribution in [0.1, 0.15) is 44.6 Å². The molecular formula is C13H23NO2. The van der Waals surface area contributed by atoms with E-state index in [9.17, 15) is 5.11 Å². The maximum Gasteiger partial charge on any atom is 0.123 e. The molecule has 0 aliphatic rings. The smallest absolute Gasteiger partial charge is 0.123 e. The van der Waals surface area contributed by atoms with Crippen molar-refractivity contribution < 1.29 is 9.52 Å². The summed E-state index contributed by atoms with van der Waals surface area (Å²) in [5.41, 5.74) is 1.15. The van der Waals surface area contributed by atoms with Gasteiger partial charge in [0.1, 0.15) is 5.76 Å². The maximum absolute atomic E-state index is 9.74. The Morgan fingerprint density at radius 2 is 2.06 bits per heavy atom. The molecule has 3 nitrogen and oxygen atoms in total. The molecule has 92 valence electrons. The fraction of sp³-hybridized carbons (Fsp3) is 0.692. The lowest BCUT2D eigenvalue weighted by Crippen LogP contribution is -2.30. The zero-order valence-corrected chi connectivity index (χ0v) is 10.7. The molecule has 1 rings (SSSR count). The highest BCUT2D eigenvalue weighted by molar-refractivity contribution is 5.17. The highest BCUT2D eigenvalue weighted by atomic mass is 16.3. The summed E-state index contributed by atoms with van der Waals surface area (Å²) in [6.45, 7) is 8.92. The summed E-state index contributed by atoms with van der Waals surface area (Å²) in [7, 11) is 0. The van der Waals surface area contributed by atoms with Crippen LogP contribution in [0.4, 0.5) is 0 Å². The molecule has 0 saturated carbocycles. The number of rotatable bonds is 6. The van der Waals surface area contributed by atoms with E-state index in [0.29, 0.717) is 12.5 Å². The molecule has 2 N–H and O–H groups in total. The summed E-state index contributed by atoms with van der Waals surface area (Å²) in [5.74, 6) is 1.48. The highest BCUT2D eigenvalue weighted by Crippen LogP contribution is 2.18. The zero-order valence-electron chi connectivity index (χ0n) is 10.7. The summed E-state index contributed by atoms with van der Waals surface area (Å²) < 4.78 is 5.40. The lowest BCUT2D eigenvalue weighted by molar-refractivity contribution is 0.142. The second-order valence-electron chi connectivity index (χ2n) is 4.88. The third-order valence-corrected chi connectivity index (χ3v) is 2.70. The minimum atomic E-state index is -0.280. The van der Waals surface area contributed by atoms with Crippen LogP contribution in [-0.2, 0) is 0 Å². The Bertz CT molecular complexity index is 307. The van der Waals surface area contributed by atoms with Crippen molar-refractivity contribution in [2.75, 3.05) is 6.54 Å². The van der Waals surface area contributed by atoms with Gasteiger partial charge in [0.15, 0.2) is 0 Å². The van der Waals surface area contributed by atoms with E-state index < -0.39 is 0 Å². The van der Waals surface area contributed by atoms with Crippen LogP contribution in [0.3, 0.4) is 0 Å². The van der Waals surface area contributed by atoms with Gasteiger partial charge in [-0.25, -0.2) is 0 Å². The number of aryl methyl sites for hydroxylation is 1. The standard InChI is InChI=1S/C13H23NO2/c1-9(2)7-12(15)8-14-11(4)13-10(3)5-6-16-13/h5-6,9,11-12,14-15H,7-8H2,1-4H3/t11-,12-/m0/s1. The van der Waals surface area contributed by atoms with Gasteiger partial charge in [0.05, 0.1) is 18.4 Å². The van der Waals surface area contributed by atoms with E-state index in [4.69, 9.17) is 4.42 Å². The van der Waals surface area contributed by atoms with E-state index in [1.165, 1.54) is 0 Å². The lowest BCUT2D eigenvalue weighted by atomic mass is 10.1. The molecule has 0 saturated heterocycles. The number of hydrogen-bond donors (Lipinski definition) is 2. The van der Waals surface area contributed by atoms with Crippen molar-refractivity contribution in [1.29, 1.82) is 0 Å². The molecule has 1 aromatic heterocycles. The average molecular weight is 225 g/mol. The van der Waals surface area contributed by atoms with Crippen LogP contribution in [0.2, 0.25) is 0 Å². The molecule has 3 heteroatoms. The summed E-state index contributed by atoms with van der Waals surface area (Å²) in [4.78, 5) is 0. The molecular weight excluding hydrogens is 202 g/mol. The van der Waals surface area contributed by atoms with Crippen molar-refractivity contribution in [2.45, 2.75) is 46.3 Å². The number of hydrogen-bond acceptors (Lipinski definition) is 3. The Kier molecular flexibility index (Phi) is 5.03. The predicted octanol–water partition coefficient (Wildman–Crippen LogP) is 2.65. The van der Waals surface area contributed by atoms with Crippen molar-refractivity contribution in [3.63, 3.8) is 0 Å². The lowest BCUT2D eigenvalue weighted by Gasteiger charge is -2.17. The van der Waals surface area contributed by atoms with E-state index in [-0.39, 0.29) is 12.1 Å². The molecule has 0 unspecified atom stereocenters. The third-order valence-electron chi connectivity index (χ3n) is 2.70. The van der Waals surface area contributed by atoms with Gasteiger partial charge in [-0.3, -0.25) is 0 Å². The fourth-order valence-corrected chi connectivity index (χ4v) is 1.86. The van der Waals surface area contributed by atoms with Gasteiger partial charge in [0, 0.05) is 6.54 Å². The fourth-order valence-electron chi connectivity index (χ4n) is 1.86. The van der Waals surface area contributed by atoms with Crippen LogP contribution < -0.4 is 5.32 Å². The monoisotopic (exact) mass is 225 g/mol. The van der Waals surface area contributed by atoms with Crippen LogP contribution >= 0.6 is 0 Å². The molecule has 0 fully saturated rings. The topological polar surface area (TPSA) is 45.4 Å². The summed E-state index contributed by atoms with van der Waals surface area (Å²) in [6, 6.07) is 2.11. The Morgan fingerprint density at radius 3 is 2.56 bits per heavy atom. The van der Waals surface area contributed by atoms with Gasteiger partial charge in [0.2, 0.25) is 0 Å². The largest absolute Gasteiger partial charge is 0.467 e. The minimum Gasteiger partial charge on any atom is -0.467 e. The van der Waals surface area contributed by atoms with E-state index in [2.05, 4.69) is 19.2 Å². The van der Waals surface area contributed by atoms with Crippen molar-refractivity contribution in [3.05, 3.63) is 23.7 Å². The van der Waals surface area contributed by atoms with Gasteiger partial charge in [-0.05, 0) is 37.8 Å². The molecule has 2 atom stereocenters. The molecule has 0 bridgehead atoms. The predicted molar refractivity (Wildman–Crippen MR) is 65.3 cm³/mol. The molecule has 0 radical (unpaired) electrons. The van der Waals surface area contributed by atoms with Crippen LogP contribution in [0.25, 0.3) is 0 Å².